The number of carbonyl (C=O) groups excluding carboxylic acids is 1. The second kappa shape index (κ2) is 7.09. The van der Waals surface area contributed by atoms with Gasteiger partial charge in [0.2, 0.25) is 0 Å². The van der Waals surface area contributed by atoms with Crippen molar-refractivity contribution in [2.45, 2.75) is 50.2 Å². The third kappa shape index (κ3) is 3.85. The number of hydrogen-bond donors (Lipinski definition) is 3. The van der Waals surface area contributed by atoms with E-state index in [9.17, 15) is 14.7 Å². The molecule has 0 aromatic carbocycles. The molecule has 120 valence electrons. The Morgan fingerprint density at radius 3 is 2.48 bits per heavy atom. The second-order valence-corrected chi connectivity index (χ2v) is 5.85. The molecule has 2 amide bonds. The fourth-order valence-electron chi connectivity index (χ4n) is 3.02. The maximum atomic E-state index is 12.4. The Bertz CT molecular complexity index is 380. The first-order valence-corrected chi connectivity index (χ1v) is 7.60. The molecule has 1 unspecified atom stereocenters. The fraction of sp³-hybridized carbons (Fsp3) is 0.857. The zero-order valence-electron chi connectivity index (χ0n) is 12.2. The largest absolute Gasteiger partial charge is 0.480 e. The molecule has 2 aliphatic rings. The predicted molar refractivity (Wildman–Crippen MR) is 75.0 cm³/mol. The van der Waals surface area contributed by atoms with Crippen molar-refractivity contribution in [3.63, 3.8) is 0 Å². The van der Waals surface area contributed by atoms with Crippen LogP contribution < -0.4 is 5.32 Å². The standard InChI is InChI=1S/C14H24N2O5/c17-10-11-9-16(7-8-21-11)13(20)15-14(12(18)19)5-3-1-2-4-6-14/h11,17H,1-10H2,(H,15,20)(H,18,19). The van der Waals surface area contributed by atoms with Crippen LogP contribution in [0.15, 0.2) is 0 Å². The van der Waals surface area contributed by atoms with Gasteiger partial charge in [-0.25, -0.2) is 9.59 Å². The molecular formula is C14H24N2O5. The van der Waals surface area contributed by atoms with Gasteiger partial charge in [0.15, 0.2) is 0 Å². The van der Waals surface area contributed by atoms with Gasteiger partial charge in [0, 0.05) is 6.54 Å². The van der Waals surface area contributed by atoms with Gasteiger partial charge < -0.3 is 25.2 Å². The number of aliphatic carboxylic acids is 1. The molecule has 0 aromatic heterocycles. The second-order valence-electron chi connectivity index (χ2n) is 5.85. The van der Waals surface area contributed by atoms with Gasteiger partial charge in [-0.2, -0.15) is 0 Å². The van der Waals surface area contributed by atoms with E-state index in [1.165, 1.54) is 4.90 Å². The SMILES string of the molecule is O=C(NC1(C(=O)O)CCCCCC1)N1CCOC(CO)C1. The first kappa shape index (κ1) is 16.0. The Kier molecular flexibility index (Phi) is 5.41. The highest BCUT2D eigenvalue weighted by molar-refractivity contribution is 5.86. The summed E-state index contributed by atoms with van der Waals surface area (Å²) in [6.07, 6.45) is 4.21. The average molecular weight is 300 g/mol. The Morgan fingerprint density at radius 2 is 1.90 bits per heavy atom. The van der Waals surface area contributed by atoms with Gasteiger partial charge in [-0.05, 0) is 12.8 Å². The first-order valence-electron chi connectivity index (χ1n) is 7.60. The summed E-state index contributed by atoms with van der Waals surface area (Å²) in [6.45, 7) is 0.919. The lowest BCUT2D eigenvalue weighted by Crippen LogP contribution is -2.60. The molecule has 1 aliphatic heterocycles. The monoisotopic (exact) mass is 300 g/mol. The number of aliphatic hydroxyl groups excluding tert-OH is 1. The maximum absolute atomic E-state index is 12.4. The van der Waals surface area contributed by atoms with E-state index in [-0.39, 0.29) is 25.3 Å². The zero-order chi connectivity index (χ0) is 15.3. The first-order chi connectivity index (χ1) is 10.1. The molecule has 2 rings (SSSR count). The quantitative estimate of drug-likeness (QED) is 0.662. The van der Waals surface area contributed by atoms with Crippen molar-refractivity contribution < 1.29 is 24.5 Å². The van der Waals surface area contributed by atoms with Crippen molar-refractivity contribution in [3.05, 3.63) is 0 Å². The molecular weight excluding hydrogens is 276 g/mol. The van der Waals surface area contributed by atoms with Gasteiger partial charge in [0.25, 0.3) is 0 Å². The Balaban J connectivity index is 2.02. The third-order valence-electron chi connectivity index (χ3n) is 4.34. The van der Waals surface area contributed by atoms with Crippen molar-refractivity contribution in [2.75, 3.05) is 26.3 Å². The molecule has 3 N–H and O–H groups in total. The van der Waals surface area contributed by atoms with E-state index in [0.717, 1.165) is 25.7 Å². The Hall–Kier alpha value is -1.34. The number of nitrogens with one attached hydrogen (secondary N) is 1. The van der Waals surface area contributed by atoms with Crippen LogP contribution in [0.3, 0.4) is 0 Å². The van der Waals surface area contributed by atoms with Crippen LogP contribution in [0.5, 0.6) is 0 Å². The molecule has 0 aromatic rings. The number of aliphatic hydroxyl groups is 1. The number of amides is 2. The van der Waals surface area contributed by atoms with Gasteiger partial charge in [-0.3, -0.25) is 0 Å². The number of hydrogen-bond acceptors (Lipinski definition) is 4. The van der Waals surface area contributed by atoms with Gasteiger partial charge in [-0.1, -0.05) is 25.7 Å². The van der Waals surface area contributed by atoms with E-state index in [0.29, 0.717) is 26.0 Å². The highest BCUT2D eigenvalue weighted by atomic mass is 16.5. The molecule has 1 atom stereocenters. The van der Waals surface area contributed by atoms with E-state index >= 15 is 0 Å². The van der Waals surface area contributed by atoms with E-state index < -0.39 is 11.5 Å². The summed E-state index contributed by atoms with van der Waals surface area (Å²) in [4.78, 5) is 25.6. The van der Waals surface area contributed by atoms with E-state index in [1.54, 1.807) is 0 Å². The summed E-state index contributed by atoms with van der Waals surface area (Å²) in [5.74, 6) is -0.954. The van der Waals surface area contributed by atoms with Crippen LogP contribution >= 0.6 is 0 Å². The molecule has 0 spiro atoms. The van der Waals surface area contributed by atoms with Gasteiger partial charge >= 0.3 is 12.0 Å². The molecule has 0 radical (unpaired) electrons. The summed E-state index contributed by atoms with van der Waals surface area (Å²) >= 11 is 0. The van der Waals surface area contributed by atoms with Crippen molar-refractivity contribution in [2.24, 2.45) is 0 Å². The molecule has 1 saturated carbocycles. The summed E-state index contributed by atoms with van der Waals surface area (Å²) in [5, 5.41) is 21.4. The number of carbonyl (C=O) groups is 2. The summed E-state index contributed by atoms with van der Waals surface area (Å²) < 4.78 is 5.30. The average Bonchev–Trinajstić information content (AvgIpc) is 2.74. The van der Waals surface area contributed by atoms with Gasteiger partial charge in [0.05, 0.1) is 25.9 Å². The van der Waals surface area contributed by atoms with Crippen molar-refractivity contribution >= 4 is 12.0 Å². The summed E-state index contributed by atoms with van der Waals surface area (Å²) in [7, 11) is 0. The number of carboxylic acid groups (broad SMARTS) is 1. The molecule has 1 saturated heterocycles. The molecule has 21 heavy (non-hydrogen) atoms. The van der Waals surface area contributed by atoms with Crippen molar-refractivity contribution in [1.82, 2.24) is 10.2 Å². The Morgan fingerprint density at radius 1 is 1.24 bits per heavy atom. The number of rotatable bonds is 3. The van der Waals surface area contributed by atoms with Gasteiger partial charge in [0.1, 0.15) is 5.54 Å². The number of ether oxygens (including phenoxy) is 1. The predicted octanol–water partition coefficient (Wildman–Crippen LogP) is 0.567. The van der Waals surface area contributed by atoms with E-state index in [4.69, 9.17) is 9.84 Å². The van der Waals surface area contributed by atoms with Crippen molar-refractivity contribution in [1.29, 1.82) is 0 Å². The molecule has 7 nitrogen and oxygen atoms in total. The van der Waals surface area contributed by atoms with Gasteiger partial charge in [-0.15, -0.1) is 0 Å². The van der Waals surface area contributed by atoms with Crippen LogP contribution in [0.2, 0.25) is 0 Å². The molecule has 7 heteroatoms. The fourth-order valence-corrected chi connectivity index (χ4v) is 3.02. The molecule has 1 aliphatic carbocycles. The summed E-state index contributed by atoms with van der Waals surface area (Å²) in [6, 6.07) is -0.374. The minimum atomic E-state index is -1.15. The topological polar surface area (TPSA) is 99.1 Å². The minimum Gasteiger partial charge on any atom is -0.480 e. The van der Waals surface area contributed by atoms with Crippen LogP contribution in [-0.4, -0.2) is 65.1 Å². The number of urea groups is 1. The highest BCUT2D eigenvalue weighted by Crippen LogP contribution is 2.28. The van der Waals surface area contributed by atoms with Crippen LogP contribution in [0.25, 0.3) is 0 Å². The minimum absolute atomic E-state index is 0.145. The lowest BCUT2D eigenvalue weighted by Gasteiger charge is -2.36. The highest BCUT2D eigenvalue weighted by Gasteiger charge is 2.41. The number of carboxylic acids is 1. The Labute approximate surface area is 124 Å². The molecule has 2 fully saturated rings. The summed E-state index contributed by atoms with van der Waals surface area (Å²) in [5.41, 5.74) is -1.15. The van der Waals surface area contributed by atoms with E-state index in [1.807, 2.05) is 0 Å². The normalized spacial score (nSPS) is 26.0. The van der Waals surface area contributed by atoms with Crippen LogP contribution in [0.1, 0.15) is 38.5 Å². The lowest BCUT2D eigenvalue weighted by atomic mass is 9.90. The smallest absolute Gasteiger partial charge is 0.329 e. The van der Waals surface area contributed by atoms with Crippen LogP contribution in [0, 0.1) is 0 Å². The van der Waals surface area contributed by atoms with Crippen LogP contribution in [-0.2, 0) is 9.53 Å². The van der Waals surface area contributed by atoms with Crippen LogP contribution in [0.4, 0.5) is 4.79 Å². The van der Waals surface area contributed by atoms with Crippen molar-refractivity contribution in [3.8, 4) is 0 Å². The van der Waals surface area contributed by atoms with E-state index in [2.05, 4.69) is 5.32 Å². The maximum Gasteiger partial charge on any atom is 0.329 e. The number of nitrogens with zero attached hydrogens (tertiary/aromatic N) is 1. The zero-order valence-corrected chi connectivity index (χ0v) is 12.2. The molecule has 1 heterocycles. The lowest BCUT2D eigenvalue weighted by molar-refractivity contribution is -0.145. The third-order valence-corrected chi connectivity index (χ3v) is 4.34. The number of morpholine rings is 1. The molecule has 0 bridgehead atoms.